The molecule has 0 aromatic heterocycles. The number of sulfone groups is 1. The van der Waals surface area contributed by atoms with E-state index >= 15 is 0 Å². The van der Waals surface area contributed by atoms with Crippen molar-refractivity contribution in [1.29, 1.82) is 0 Å². The van der Waals surface area contributed by atoms with Gasteiger partial charge in [0.15, 0.2) is 9.84 Å². The molecule has 5 nitrogen and oxygen atoms in total. The summed E-state index contributed by atoms with van der Waals surface area (Å²) in [7, 11) is -3.73. The van der Waals surface area contributed by atoms with Gasteiger partial charge in [0.2, 0.25) is 5.91 Å². The van der Waals surface area contributed by atoms with Crippen LogP contribution in [0.5, 0.6) is 0 Å². The minimum absolute atomic E-state index is 0.0792. The number of benzene rings is 1. The topological polar surface area (TPSA) is 103 Å². The number of carbonyl (C=O) groups excluding carboxylic acids is 1. The lowest BCUT2D eigenvalue weighted by Crippen LogP contribution is -2.23. The predicted octanol–water partition coefficient (Wildman–Crippen LogP) is 0.290. The molecule has 0 fully saturated rings. The molecule has 0 aliphatic heterocycles. The number of amides is 1. The first-order valence-corrected chi connectivity index (χ1v) is 6.33. The van der Waals surface area contributed by atoms with Gasteiger partial charge >= 0.3 is 0 Å². The third-order valence-electron chi connectivity index (χ3n) is 1.64. The second-order valence-corrected chi connectivity index (χ2v) is 5.78. The lowest BCUT2D eigenvalue weighted by Gasteiger charge is -2.05. The van der Waals surface area contributed by atoms with E-state index in [-0.39, 0.29) is 10.6 Å². The standard InChI is InChI=1S/C8H9BrN2O3S/c9-5-1-2-7(6(10)3-5)15(13,14)4-8(11)12/h1-3H,4,10H2,(H2,11,12). The lowest BCUT2D eigenvalue weighted by atomic mass is 10.3. The molecule has 1 rings (SSSR count). The summed E-state index contributed by atoms with van der Waals surface area (Å²) in [5.41, 5.74) is 10.4. The quantitative estimate of drug-likeness (QED) is 0.782. The van der Waals surface area contributed by atoms with Gasteiger partial charge in [0.05, 0.1) is 10.6 Å². The molecule has 0 saturated carbocycles. The Hall–Kier alpha value is -1.08. The molecule has 0 aliphatic rings. The van der Waals surface area contributed by atoms with Crippen LogP contribution in [0.15, 0.2) is 27.6 Å². The average Bonchev–Trinajstić information content (AvgIpc) is 1.99. The van der Waals surface area contributed by atoms with Gasteiger partial charge in [0, 0.05) is 4.47 Å². The average molecular weight is 293 g/mol. The normalized spacial score (nSPS) is 11.3. The first-order chi connectivity index (χ1) is 6.83. The molecule has 0 radical (unpaired) electrons. The van der Waals surface area contributed by atoms with E-state index < -0.39 is 21.5 Å². The Morgan fingerprint density at radius 2 is 2.00 bits per heavy atom. The molecule has 0 aliphatic carbocycles. The van der Waals surface area contributed by atoms with E-state index in [9.17, 15) is 13.2 Å². The number of nitrogens with two attached hydrogens (primary N) is 2. The maximum Gasteiger partial charge on any atom is 0.233 e. The molecule has 1 amide bonds. The molecule has 4 N–H and O–H groups in total. The minimum Gasteiger partial charge on any atom is -0.398 e. The van der Waals surface area contributed by atoms with E-state index in [0.717, 1.165) is 0 Å². The largest absolute Gasteiger partial charge is 0.398 e. The number of halogens is 1. The van der Waals surface area contributed by atoms with Gasteiger partial charge in [-0.15, -0.1) is 0 Å². The summed E-state index contributed by atoms with van der Waals surface area (Å²) in [5, 5.41) is 0. The second kappa shape index (κ2) is 4.19. The zero-order valence-electron chi connectivity index (χ0n) is 7.60. The highest BCUT2D eigenvalue weighted by atomic mass is 79.9. The Bertz CT molecular complexity index is 499. The summed E-state index contributed by atoms with van der Waals surface area (Å²) >= 11 is 3.15. The predicted molar refractivity (Wildman–Crippen MR) is 59.8 cm³/mol. The molecule has 7 heteroatoms. The molecule has 1 aromatic carbocycles. The fourth-order valence-electron chi connectivity index (χ4n) is 1.07. The first-order valence-electron chi connectivity index (χ1n) is 3.89. The zero-order valence-corrected chi connectivity index (χ0v) is 10.0. The number of hydrogen-bond acceptors (Lipinski definition) is 4. The van der Waals surface area contributed by atoms with Crippen LogP contribution in [0, 0.1) is 0 Å². The van der Waals surface area contributed by atoms with Crippen molar-refractivity contribution in [2.75, 3.05) is 11.5 Å². The van der Waals surface area contributed by atoms with Crippen molar-refractivity contribution in [2.45, 2.75) is 4.90 Å². The monoisotopic (exact) mass is 292 g/mol. The maximum atomic E-state index is 11.6. The van der Waals surface area contributed by atoms with Gasteiger partial charge in [-0.25, -0.2) is 8.42 Å². The van der Waals surface area contributed by atoms with E-state index in [0.29, 0.717) is 4.47 Å². The van der Waals surface area contributed by atoms with Crippen LogP contribution in [0.3, 0.4) is 0 Å². The molecule has 0 bridgehead atoms. The Morgan fingerprint density at radius 3 is 2.47 bits per heavy atom. The maximum absolute atomic E-state index is 11.6. The Labute approximate surface area is 95.5 Å². The van der Waals surface area contributed by atoms with Gasteiger partial charge in [-0.3, -0.25) is 4.79 Å². The van der Waals surface area contributed by atoms with Crippen molar-refractivity contribution in [2.24, 2.45) is 5.73 Å². The van der Waals surface area contributed by atoms with E-state index in [1.807, 2.05) is 0 Å². The van der Waals surface area contributed by atoms with Crippen LogP contribution in [0.2, 0.25) is 0 Å². The molecule has 82 valence electrons. The number of primary amides is 1. The zero-order chi connectivity index (χ0) is 11.6. The second-order valence-electron chi connectivity index (χ2n) is 2.91. The Balaban J connectivity index is 3.22. The summed E-state index contributed by atoms with van der Waals surface area (Å²) in [6.45, 7) is 0. The van der Waals surface area contributed by atoms with Crippen molar-refractivity contribution < 1.29 is 13.2 Å². The van der Waals surface area contributed by atoms with Gasteiger partial charge in [0.1, 0.15) is 5.75 Å². The summed E-state index contributed by atoms with van der Waals surface area (Å²) in [4.78, 5) is 10.5. The first kappa shape index (κ1) is 12.0. The number of anilines is 1. The minimum atomic E-state index is -3.73. The molecular formula is C8H9BrN2O3S. The third-order valence-corrected chi connectivity index (χ3v) is 3.84. The van der Waals surface area contributed by atoms with E-state index in [2.05, 4.69) is 15.9 Å². The SMILES string of the molecule is NC(=O)CS(=O)(=O)c1ccc(Br)cc1N. The van der Waals surface area contributed by atoms with Crippen LogP contribution in [0.25, 0.3) is 0 Å². The van der Waals surface area contributed by atoms with Crippen molar-refractivity contribution >= 4 is 37.4 Å². The molecule has 15 heavy (non-hydrogen) atoms. The van der Waals surface area contributed by atoms with Gasteiger partial charge in [-0.2, -0.15) is 0 Å². The van der Waals surface area contributed by atoms with Crippen LogP contribution in [0.4, 0.5) is 5.69 Å². The number of hydrogen-bond donors (Lipinski definition) is 2. The summed E-state index contributed by atoms with van der Waals surface area (Å²) in [6.07, 6.45) is 0. The van der Waals surface area contributed by atoms with Gasteiger partial charge in [-0.05, 0) is 18.2 Å². The molecule has 1 aromatic rings. The Kier molecular flexibility index (Phi) is 3.35. The molecule has 0 atom stereocenters. The Morgan fingerprint density at radius 1 is 1.40 bits per heavy atom. The van der Waals surface area contributed by atoms with Crippen molar-refractivity contribution in [1.82, 2.24) is 0 Å². The van der Waals surface area contributed by atoms with Gasteiger partial charge < -0.3 is 11.5 Å². The van der Waals surface area contributed by atoms with Crippen molar-refractivity contribution in [3.63, 3.8) is 0 Å². The molecule has 0 unspecified atom stereocenters. The third kappa shape index (κ3) is 2.93. The highest BCUT2D eigenvalue weighted by Gasteiger charge is 2.20. The van der Waals surface area contributed by atoms with Gasteiger partial charge in [0.25, 0.3) is 0 Å². The fraction of sp³-hybridized carbons (Fsp3) is 0.125. The van der Waals surface area contributed by atoms with Gasteiger partial charge in [-0.1, -0.05) is 15.9 Å². The number of carbonyl (C=O) groups is 1. The fourth-order valence-corrected chi connectivity index (χ4v) is 2.67. The summed E-state index contributed by atoms with van der Waals surface area (Å²) in [6, 6.07) is 4.32. The molecular weight excluding hydrogens is 284 g/mol. The molecule has 0 heterocycles. The molecule has 0 spiro atoms. The van der Waals surface area contributed by atoms with Crippen LogP contribution in [-0.2, 0) is 14.6 Å². The highest BCUT2D eigenvalue weighted by molar-refractivity contribution is 9.10. The number of nitrogen functional groups attached to an aromatic ring is 1. The summed E-state index contributed by atoms with van der Waals surface area (Å²) < 4.78 is 23.8. The highest BCUT2D eigenvalue weighted by Crippen LogP contribution is 2.23. The van der Waals surface area contributed by atoms with Crippen molar-refractivity contribution in [3.8, 4) is 0 Å². The van der Waals surface area contributed by atoms with Crippen LogP contribution >= 0.6 is 15.9 Å². The van der Waals surface area contributed by atoms with Crippen LogP contribution in [0.1, 0.15) is 0 Å². The van der Waals surface area contributed by atoms with Crippen molar-refractivity contribution in [3.05, 3.63) is 22.7 Å². The van der Waals surface area contributed by atoms with E-state index in [1.165, 1.54) is 18.2 Å². The smallest absolute Gasteiger partial charge is 0.233 e. The number of rotatable bonds is 3. The lowest BCUT2D eigenvalue weighted by molar-refractivity contribution is -0.115. The van der Waals surface area contributed by atoms with E-state index in [4.69, 9.17) is 11.5 Å². The van der Waals surface area contributed by atoms with Crippen LogP contribution in [-0.4, -0.2) is 20.1 Å². The molecule has 0 saturated heterocycles. The van der Waals surface area contributed by atoms with Crippen LogP contribution < -0.4 is 11.5 Å². The van der Waals surface area contributed by atoms with E-state index in [1.54, 1.807) is 0 Å². The summed E-state index contributed by atoms with van der Waals surface area (Å²) in [5.74, 6) is -1.64.